The molecule has 3 amide bonds. The van der Waals surface area contributed by atoms with E-state index in [1.54, 1.807) is 17.1 Å². The number of esters is 1. The van der Waals surface area contributed by atoms with Gasteiger partial charge in [-0.25, -0.2) is 9.59 Å². The van der Waals surface area contributed by atoms with Gasteiger partial charge in [0.15, 0.2) is 0 Å². The van der Waals surface area contributed by atoms with Crippen molar-refractivity contribution in [2.24, 2.45) is 5.92 Å². The number of benzene rings is 4. The third-order valence-corrected chi connectivity index (χ3v) is 9.52. The van der Waals surface area contributed by atoms with Crippen LogP contribution in [0.1, 0.15) is 53.5 Å². The van der Waals surface area contributed by atoms with E-state index >= 15 is 0 Å². The Labute approximate surface area is 303 Å². The van der Waals surface area contributed by atoms with Crippen LogP contribution in [0, 0.1) is 5.92 Å². The number of aliphatic hydroxyl groups is 1. The number of allylic oxidation sites excluding steroid dienone is 1. The van der Waals surface area contributed by atoms with Crippen molar-refractivity contribution in [1.29, 1.82) is 0 Å². The minimum Gasteiger partial charge on any atom is -0.462 e. The van der Waals surface area contributed by atoms with Gasteiger partial charge >= 0.3 is 12.1 Å². The maximum atomic E-state index is 13.7. The van der Waals surface area contributed by atoms with Crippen molar-refractivity contribution in [2.45, 2.75) is 43.8 Å². The van der Waals surface area contributed by atoms with Crippen LogP contribution in [0.5, 0.6) is 0 Å². The summed E-state index contributed by atoms with van der Waals surface area (Å²) in [7, 11) is 0. The number of aliphatic hydroxyl groups excluding tert-OH is 1. The average Bonchev–Trinajstić information content (AvgIpc) is 3.49. The third-order valence-electron chi connectivity index (χ3n) is 9.52. The molecule has 0 bridgehead atoms. The lowest BCUT2D eigenvalue weighted by molar-refractivity contribution is -0.147. The lowest BCUT2D eigenvalue weighted by atomic mass is 9.97. The van der Waals surface area contributed by atoms with Gasteiger partial charge in [-0.05, 0) is 46.2 Å². The zero-order chi connectivity index (χ0) is 36.3. The van der Waals surface area contributed by atoms with E-state index in [2.05, 4.69) is 22.8 Å². The van der Waals surface area contributed by atoms with Crippen molar-refractivity contribution in [2.75, 3.05) is 26.4 Å². The first-order chi connectivity index (χ1) is 25.4. The van der Waals surface area contributed by atoms with Gasteiger partial charge in [0.1, 0.15) is 19.3 Å². The second-order valence-corrected chi connectivity index (χ2v) is 13.0. The number of carbonyl (C=O) groups excluding carboxylic acids is 4. The molecule has 4 aromatic carbocycles. The Kier molecular flexibility index (Phi) is 12.1. The lowest BCUT2D eigenvalue weighted by Gasteiger charge is -2.27. The number of fused-ring (bicyclic) bond motifs is 3. The summed E-state index contributed by atoms with van der Waals surface area (Å²) in [6.07, 6.45) is 2.90. The van der Waals surface area contributed by atoms with Crippen LogP contribution >= 0.6 is 0 Å². The fourth-order valence-electron chi connectivity index (χ4n) is 6.79. The van der Waals surface area contributed by atoms with Crippen LogP contribution in [0.2, 0.25) is 0 Å². The molecule has 4 aromatic rings. The van der Waals surface area contributed by atoms with Crippen LogP contribution < -0.4 is 10.6 Å². The van der Waals surface area contributed by atoms with E-state index in [4.69, 9.17) is 9.47 Å². The number of ether oxygens (including phenoxy) is 2. The zero-order valence-corrected chi connectivity index (χ0v) is 28.9. The van der Waals surface area contributed by atoms with Crippen molar-refractivity contribution >= 4 is 23.9 Å². The Morgan fingerprint density at radius 3 is 2.12 bits per heavy atom. The molecule has 6 rings (SSSR count). The summed E-state index contributed by atoms with van der Waals surface area (Å²) in [4.78, 5) is 55.4. The SMILES string of the molecule is O=C(N[C@H]1C/C=C\C[C@H](CC(=O)N(CCO)Cc2ccccc2)C(=O)N[C@@H](c2ccccc2)COC1=O)OCC1c2ccccc2-c2ccccc21. The van der Waals surface area contributed by atoms with E-state index in [0.29, 0.717) is 12.1 Å². The number of carbonyl (C=O) groups is 4. The molecule has 0 saturated carbocycles. The lowest BCUT2D eigenvalue weighted by Crippen LogP contribution is -2.44. The minimum atomic E-state index is -1.05. The number of hydrogen-bond donors (Lipinski definition) is 3. The molecule has 268 valence electrons. The quantitative estimate of drug-likeness (QED) is 0.143. The highest BCUT2D eigenvalue weighted by Crippen LogP contribution is 2.44. The van der Waals surface area contributed by atoms with Crippen LogP contribution in [0.25, 0.3) is 11.1 Å². The molecule has 10 heteroatoms. The van der Waals surface area contributed by atoms with Gasteiger partial charge in [-0.3, -0.25) is 9.59 Å². The molecule has 0 saturated heterocycles. The second-order valence-electron chi connectivity index (χ2n) is 13.0. The Bertz CT molecular complexity index is 1840. The summed E-state index contributed by atoms with van der Waals surface area (Å²) in [5.74, 6) is -2.18. The molecule has 1 aliphatic heterocycles. The minimum absolute atomic E-state index is 0.0892. The Hall–Kier alpha value is -5.74. The van der Waals surface area contributed by atoms with Gasteiger partial charge in [0.25, 0.3) is 0 Å². The number of hydrogen-bond acceptors (Lipinski definition) is 7. The summed E-state index contributed by atoms with van der Waals surface area (Å²) < 4.78 is 11.4. The van der Waals surface area contributed by atoms with Crippen LogP contribution in [-0.2, 0) is 30.4 Å². The Morgan fingerprint density at radius 2 is 1.44 bits per heavy atom. The molecule has 0 unspecified atom stereocenters. The fraction of sp³-hybridized carbons (Fsp3) is 0.286. The van der Waals surface area contributed by atoms with E-state index in [0.717, 1.165) is 27.8 Å². The number of nitrogens with zero attached hydrogens (tertiary/aromatic N) is 1. The maximum Gasteiger partial charge on any atom is 0.407 e. The predicted octanol–water partition coefficient (Wildman–Crippen LogP) is 5.67. The van der Waals surface area contributed by atoms with E-state index in [1.807, 2.05) is 97.1 Å². The molecule has 3 N–H and O–H groups in total. The molecule has 0 spiro atoms. The maximum absolute atomic E-state index is 13.7. The van der Waals surface area contributed by atoms with Crippen molar-refractivity contribution in [3.63, 3.8) is 0 Å². The summed E-state index contributed by atoms with van der Waals surface area (Å²) in [6.45, 7) is 0.119. The van der Waals surface area contributed by atoms with Gasteiger partial charge in [0.05, 0.1) is 18.6 Å². The second kappa shape index (κ2) is 17.5. The zero-order valence-electron chi connectivity index (χ0n) is 28.9. The first-order valence-electron chi connectivity index (χ1n) is 17.6. The van der Waals surface area contributed by atoms with Crippen molar-refractivity contribution in [3.8, 4) is 11.1 Å². The first kappa shape index (κ1) is 36.1. The molecular weight excluding hydrogens is 658 g/mol. The molecule has 10 nitrogen and oxygen atoms in total. The van der Waals surface area contributed by atoms with Crippen molar-refractivity contribution in [3.05, 3.63) is 144 Å². The smallest absolute Gasteiger partial charge is 0.407 e. The molecule has 0 aromatic heterocycles. The normalized spacial score (nSPS) is 19.4. The number of nitrogens with one attached hydrogen (secondary N) is 2. The van der Waals surface area contributed by atoms with Crippen molar-refractivity contribution in [1.82, 2.24) is 15.5 Å². The van der Waals surface area contributed by atoms with E-state index in [9.17, 15) is 24.3 Å². The third kappa shape index (κ3) is 8.94. The summed E-state index contributed by atoms with van der Waals surface area (Å²) in [6, 6.07) is 32.9. The Morgan fingerprint density at radius 1 is 0.827 bits per heavy atom. The number of cyclic esters (lactones) is 1. The highest BCUT2D eigenvalue weighted by molar-refractivity contribution is 5.86. The molecule has 1 aliphatic carbocycles. The molecule has 0 radical (unpaired) electrons. The van der Waals surface area contributed by atoms with E-state index < -0.39 is 30.1 Å². The predicted molar refractivity (Wildman–Crippen MR) is 196 cm³/mol. The highest BCUT2D eigenvalue weighted by atomic mass is 16.6. The number of amides is 3. The highest BCUT2D eigenvalue weighted by Gasteiger charge is 2.31. The van der Waals surface area contributed by atoms with Crippen molar-refractivity contribution < 1.29 is 33.8 Å². The van der Waals surface area contributed by atoms with Crippen LogP contribution in [0.15, 0.2) is 121 Å². The topological polar surface area (TPSA) is 134 Å². The van der Waals surface area contributed by atoms with Gasteiger partial charge in [0, 0.05) is 25.4 Å². The summed E-state index contributed by atoms with van der Waals surface area (Å²) in [5, 5.41) is 15.4. The van der Waals surface area contributed by atoms with Crippen LogP contribution in [-0.4, -0.2) is 66.3 Å². The fourth-order valence-corrected chi connectivity index (χ4v) is 6.79. The number of rotatable bonds is 10. The van der Waals surface area contributed by atoms with Gasteiger partial charge in [-0.1, -0.05) is 121 Å². The molecular formula is C42H43N3O7. The van der Waals surface area contributed by atoms with Gasteiger partial charge in [-0.15, -0.1) is 0 Å². The first-order valence-corrected chi connectivity index (χ1v) is 17.6. The van der Waals surface area contributed by atoms with Gasteiger partial charge < -0.3 is 30.1 Å². The van der Waals surface area contributed by atoms with E-state index in [-0.39, 0.29) is 63.4 Å². The van der Waals surface area contributed by atoms with E-state index in [1.165, 1.54) is 0 Å². The van der Waals surface area contributed by atoms with Gasteiger partial charge in [0.2, 0.25) is 11.8 Å². The van der Waals surface area contributed by atoms with Crippen LogP contribution in [0.3, 0.4) is 0 Å². The Balaban J connectivity index is 1.16. The van der Waals surface area contributed by atoms with Gasteiger partial charge in [-0.2, -0.15) is 0 Å². The molecule has 0 fully saturated rings. The summed E-state index contributed by atoms with van der Waals surface area (Å²) >= 11 is 0. The molecule has 3 atom stereocenters. The monoisotopic (exact) mass is 701 g/mol. The average molecular weight is 702 g/mol. The van der Waals surface area contributed by atoms with Crippen LogP contribution in [0.4, 0.5) is 4.79 Å². The largest absolute Gasteiger partial charge is 0.462 e. The molecule has 2 aliphatic rings. The molecule has 1 heterocycles. The number of alkyl carbamates (subject to hydrolysis) is 1. The standard InChI is InChI=1S/C42H43N3O7/c46-24-23-45(26-29-13-3-1-4-14-29)39(47)25-31-17-7-12-22-37(41(49)51-28-38(43-40(31)48)30-15-5-2-6-16-30)44-42(50)52-27-36-34-20-10-8-18-32(34)33-19-9-11-21-35(33)36/h1-16,18-21,31,36-38,46H,17,22-28H2,(H,43,48)(H,44,50)/b12-7-/t31-,37+,38-/m1/s1. The molecule has 52 heavy (non-hydrogen) atoms. The summed E-state index contributed by atoms with van der Waals surface area (Å²) in [5.41, 5.74) is 5.99.